The molecule has 6 nitrogen and oxygen atoms in total. The van der Waals surface area contributed by atoms with E-state index in [2.05, 4.69) is 19.9 Å². The lowest BCUT2D eigenvalue weighted by Gasteiger charge is -2.12. The van der Waals surface area contributed by atoms with E-state index >= 15 is 0 Å². The van der Waals surface area contributed by atoms with Gasteiger partial charge in [-0.3, -0.25) is 4.79 Å². The largest absolute Gasteiger partial charge is 0.586 e. The molecule has 0 saturated carbocycles. The number of rotatable bonds is 3. The number of anilines is 1. The van der Waals surface area contributed by atoms with Crippen LogP contribution in [0.4, 0.5) is 14.5 Å². The zero-order valence-electron chi connectivity index (χ0n) is 12.6. The van der Waals surface area contributed by atoms with E-state index in [0.717, 1.165) is 0 Å². The van der Waals surface area contributed by atoms with Crippen LogP contribution in [0.1, 0.15) is 29.9 Å². The summed E-state index contributed by atoms with van der Waals surface area (Å²) >= 11 is 0. The molecule has 122 valence electrons. The molecule has 8 heteroatoms. The zero-order chi connectivity index (χ0) is 16.8. The summed E-state index contributed by atoms with van der Waals surface area (Å²) in [7, 11) is 0. The topological polar surface area (TPSA) is 73.6 Å². The molecule has 0 bridgehead atoms. The molecule has 1 N–H and O–H groups in total. The van der Waals surface area contributed by atoms with Crippen molar-refractivity contribution in [2.45, 2.75) is 33.0 Å². The third-order valence-electron chi connectivity index (χ3n) is 3.58. The third-order valence-corrected chi connectivity index (χ3v) is 3.58. The number of ether oxygens (including phenoxy) is 2. The maximum atomic E-state index is 13.0. The number of alkyl halides is 2. The fourth-order valence-corrected chi connectivity index (χ4v) is 2.52. The normalized spacial score (nSPS) is 16.2. The highest BCUT2D eigenvalue weighted by molar-refractivity contribution is 5.96. The molecule has 1 aromatic carbocycles. The molecule has 0 radical (unpaired) electrons. The van der Waals surface area contributed by atoms with Gasteiger partial charge in [-0.1, -0.05) is 5.16 Å². The van der Waals surface area contributed by atoms with Crippen molar-refractivity contribution in [2.24, 2.45) is 0 Å². The number of hydrogen-bond acceptors (Lipinski definition) is 5. The van der Waals surface area contributed by atoms with E-state index in [-0.39, 0.29) is 17.4 Å². The second-order valence-corrected chi connectivity index (χ2v) is 5.28. The Morgan fingerprint density at radius 2 is 1.96 bits per heavy atom. The van der Waals surface area contributed by atoms with Crippen LogP contribution >= 0.6 is 0 Å². The zero-order valence-corrected chi connectivity index (χ0v) is 12.6. The van der Waals surface area contributed by atoms with Gasteiger partial charge in [0.2, 0.25) is 5.91 Å². The first-order valence-electron chi connectivity index (χ1n) is 6.90. The summed E-state index contributed by atoms with van der Waals surface area (Å²) in [6.07, 6.45) is -3.69. The number of fused-ring (bicyclic) bond motifs is 1. The molecule has 0 saturated heterocycles. The summed E-state index contributed by atoms with van der Waals surface area (Å²) in [4.78, 5) is 12.3. The Morgan fingerprint density at radius 3 is 2.61 bits per heavy atom. The van der Waals surface area contributed by atoms with Gasteiger partial charge in [0.1, 0.15) is 5.76 Å². The number of amides is 1. The monoisotopic (exact) mass is 324 g/mol. The Morgan fingerprint density at radius 1 is 1.26 bits per heavy atom. The van der Waals surface area contributed by atoms with E-state index in [4.69, 9.17) is 4.52 Å². The van der Waals surface area contributed by atoms with E-state index in [9.17, 15) is 13.6 Å². The SMILES string of the molecule is Cc1noc(C)c1C(C)C(=O)Nc1ccc2c(c1)OC(F)(F)O2. The molecule has 1 aliphatic heterocycles. The number of carbonyl (C=O) groups is 1. The van der Waals surface area contributed by atoms with Crippen LogP contribution in [0, 0.1) is 13.8 Å². The Balaban J connectivity index is 1.77. The Bertz CT molecular complexity index is 753. The number of hydrogen-bond donors (Lipinski definition) is 1. The molecule has 1 atom stereocenters. The van der Waals surface area contributed by atoms with Gasteiger partial charge in [0, 0.05) is 17.3 Å². The minimum atomic E-state index is -3.69. The average molecular weight is 324 g/mol. The summed E-state index contributed by atoms with van der Waals surface area (Å²) in [5.74, 6) is -0.460. The molecule has 23 heavy (non-hydrogen) atoms. The summed E-state index contributed by atoms with van der Waals surface area (Å²) in [5, 5.41) is 6.47. The standard InChI is InChI=1S/C15H14F2N2O4/c1-7(13-8(2)19-23-9(13)3)14(20)18-10-4-5-11-12(6-10)22-15(16,17)21-11/h4-7H,1-3H3,(H,18,20). The number of nitrogens with zero attached hydrogens (tertiary/aromatic N) is 1. The van der Waals surface area contributed by atoms with Gasteiger partial charge in [-0.2, -0.15) is 0 Å². The summed E-state index contributed by atoms with van der Waals surface area (Å²) in [5.41, 5.74) is 1.67. The second-order valence-electron chi connectivity index (χ2n) is 5.28. The van der Waals surface area contributed by atoms with Gasteiger partial charge in [-0.15, -0.1) is 8.78 Å². The van der Waals surface area contributed by atoms with Gasteiger partial charge in [-0.25, -0.2) is 0 Å². The van der Waals surface area contributed by atoms with Crippen molar-refractivity contribution < 1.29 is 27.6 Å². The molecule has 1 aromatic heterocycles. The summed E-state index contributed by atoms with van der Waals surface area (Å²) < 4.78 is 39.7. The van der Waals surface area contributed by atoms with Crippen molar-refractivity contribution >= 4 is 11.6 Å². The molecule has 1 aliphatic rings. The van der Waals surface area contributed by atoms with Crippen LogP contribution in [-0.2, 0) is 4.79 Å². The summed E-state index contributed by atoms with van der Waals surface area (Å²) in [6.45, 7) is 5.18. The van der Waals surface area contributed by atoms with Gasteiger partial charge in [-0.05, 0) is 32.9 Å². The number of aromatic nitrogens is 1. The third kappa shape index (κ3) is 2.84. The molecule has 1 amide bonds. The molecule has 2 aromatic rings. The van der Waals surface area contributed by atoms with Crippen LogP contribution in [0.15, 0.2) is 22.7 Å². The average Bonchev–Trinajstić information content (AvgIpc) is 2.95. The highest BCUT2D eigenvalue weighted by atomic mass is 19.3. The van der Waals surface area contributed by atoms with Gasteiger partial charge in [0.15, 0.2) is 11.5 Å². The first kappa shape index (κ1) is 15.3. The van der Waals surface area contributed by atoms with Crippen molar-refractivity contribution in [1.29, 1.82) is 0 Å². The quantitative estimate of drug-likeness (QED) is 0.937. The highest BCUT2D eigenvalue weighted by Crippen LogP contribution is 2.42. The maximum absolute atomic E-state index is 13.0. The Hall–Kier alpha value is -2.64. The number of carbonyl (C=O) groups excluding carboxylic acids is 1. The minimum Gasteiger partial charge on any atom is -0.395 e. The van der Waals surface area contributed by atoms with E-state index in [1.54, 1.807) is 20.8 Å². The molecule has 0 aliphatic carbocycles. The van der Waals surface area contributed by atoms with Crippen LogP contribution in [0.3, 0.4) is 0 Å². The predicted octanol–water partition coefficient (Wildman–Crippen LogP) is 3.36. The van der Waals surface area contributed by atoms with Crippen LogP contribution < -0.4 is 14.8 Å². The smallest absolute Gasteiger partial charge is 0.395 e. The fourth-order valence-electron chi connectivity index (χ4n) is 2.52. The molecular weight excluding hydrogens is 310 g/mol. The Labute approximate surface area is 130 Å². The molecule has 0 spiro atoms. The molecule has 1 unspecified atom stereocenters. The van der Waals surface area contributed by atoms with Gasteiger partial charge in [0.05, 0.1) is 11.6 Å². The van der Waals surface area contributed by atoms with Crippen LogP contribution in [-0.4, -0.2) is 17.4 Å². The minimum absolute atomic E-state index is 0.0771. The number of nitrogens with one attached hydrogen (secondary N) is 1. The van der Waals surface area contributed by atoms with Crippen LogP contribution in [0.25, 0.3) is 0 Å². The highest BCUT2D eigenvalue weighted by Gasteiger charge is 2.43. The second kappa shape index (κ2) is 5.22. The van der Waals surface area contributed by atoms with Crippen LogP contribution in [0.2, 0.25) is 0 Å². The van der Waals surface area contributed by atoms with Gasteiger partial charge >= 0.3 is 6.29 Å². The van der Waals surface area contributed by atoms with Crippen molar-refractivity contribution in [3.63, 3.8) is 0 Å². The molecule has 0 fully saturated rings. The lowest BCUT2D eigenvalue weighted by molar-refractivity contribution is -0.286. The predicted molar refractivity (Wildman–Crippen MR) is 75.7 cm³/mol. The van der Waals surface area contributed by atoms with E-state index in [1.165, 1.54) is 18.2 Å². The van der Waals surface area contributed by atoms with Gasteiger partial charge in [0.25, 0.3) is 0 Å². The lowest BCUT2D eigenvalue weighted by Crippen LogP contribution is -2.25. The van der Waals surface area contributed by atoms with Crippen molar-refractivity contribution in [1.82, 2.24) is 5.16 Å². The summed E-state index contributed by atoms with van der Waals surface area (Å²) in [6, 6.07) is 4.06. The first-order chi connectivity index (χ1) is 10.8. The fraction of sp³-hybridized carbons (Fsp3) is 0.333. The van der Waals surface area contributed by atoms with E-state index in [1.807, 2.05) is 0 Å². The molecule has 3 rings (SSSR count). The number of benzene rings is 1. The lowest BCUT2D eigenvalue weighted by atomic mass is 9.98. The number of halogens is 2. The van der Waals surface area contributed by atoms with Crippen molar-refractivity contribution in [3.8, 4) is 11.5 Å². The van der Waals surface area contributed by atoms with E-state index in [0.29, 0.717) is 22.7 Å². The van der Waals surface area contributed by atoms with Crippen molar-refractivity contribution in [3.05, 3.63) is 35.2 Å². The van der Waals surface area contributed by atoms with Gasteiger partial charge < -0.3 is 19.3 Å². The molecule has 2 heterocycles. The van der Waals surface area contributed by atoms with E-state index < -0.39 is 12.2 Å². The Kier molecular flexibility index (Phi) is 3.46. The molecular formula is C15H14F2N2O4. The van der Waals surface area contributed by atoms with Crippen LogP contribution in [0.5, 0.6) is 11.5 Å². The maximum Gasteiger partial charge on any atom is 0.586 e. The van der Waals surface area contributed by atoms with Crippen molar-refractivity contribution in [2.75, 3.05) is 5.32 Å². The number of aryl methyl sites for hydroxylation is 2. The first-order valence-corrected chi connectivity index (χ1v) is 6.90.